The zero-order valence-corrected chi connectivity index (χ0v) is 16.3. The van der Waals surface area contributed by atoms with E-state index < -0.39 is 0 Å². The zero-order valence-electron chi connectivity index (χ0n) is 16.3. The lowest BCUT2D eigenvalue weighted by Crippen LogP contribution is -2.06. The highest BCUT2D eigenvalue weighted by molar-refractivity contribution is 5.31. The van der Waals surface area contributed by atoms with Gasteiger partial charge in [-0.25, -0.2) is 0 Å². The molecule has 1 aliphatic carbocycles. The molecule has 136 valence electrons. The Labute approximate surface area is 154 Å². The number of ether oxygens (including phenoxy) is 1. The molecular weight excluding hydrogens is 304 g/mol. The van der Waals surface area contributed by atoms with Gasteiger partial charge in [0.25, 0.3) is 0 Å². The van der Waals surface area contributed by atoms with E-state index in [1.54, 1.807) is 12.7 Å². The molecule has 0 amide bonds. The normalized spacial score (nSPS) is 18.2. The first kappa shape index (κ1) is 19.8. The van der Waals surface area contributed by atoms with E-state index >= 15 is 0 Å². The molecule has 25 heavy (non-hydrogen) atoms. The van der Waals surface area contributed by atoms with Crippen LogP contribution in [-0.2, 0) is 11.2 Å². The summed E-state index contributed by atoms with van der Waals surface area (Å²) in [6.07, 6.45) is 13.1. The number of hydrogen-bond donors (Lipinski definition) is 0. The van der Waals surface area contributed by atoms with Crippen LogP contribution in [0.2, 0.25) is 0 Å². The smallest absolute Gasteiger partial charge is 0.0685 e. The lowest BCUT2D eigenvalue weighted by Gasteiger charge is -2.21. The summed E-state index contributed by atoms with van der Waals surface area (Å²) >= 11 is 0. The molecule has 1 aromatic carbocycles. The van der Waals surface area contributed by atoms with Crippen LogP contribution in [0.15, 0.2) is 35.9 Å². The molecule has 0 fully saturated rings. The maximum Gasteiger partial charge on any atom is 0.0685 e. The van der Waals surface area contributed by atoms with E-state index in [0.717, 1.165) is 12.3 Å². The Morgan fingerprint density at radius 2 is 2.00 bits per heavy atom. The van der Waals surface area contributed by atoms with Gasteiger partial charge in [-0.05, 0) is 62.5 Å². The lowest BCUT2D eigenvalue weighted by molar-refractivity contribution is 0.193. The van der Waals surface area contributed by atoms with Gasteiger partial charge in [-0.2, -0.15) is 0 Å². The topological polar surface area (TPSA) is 9.23 Å². The first-order valence-electron chi connectivity index (χ1n) is 9.96. The maximum atomic E-state index is 5.30. The molecule has 0 saturated carbocycles. The summed E-state index contributed by atoms with van der Waals surface area (Å²) in [6.45, 7) is 4.84. The molecule has 0 N–H and O–H groups in total. The van der Waals surface area contributed by atoms with Crippen molar-refractivity contribution in [3.63, 3.8) is 0 Å². The Morgan fingerprint density at radius 3 is 2.68 bits per heavy atom. The SMILES string of the molecule is CC#CC(COC)c1ccc(CCC2=CC(CCCC)CCC2)cc1. The number of rotatable bonds is 9. The Balaban J connectivity index is 1.90. The Bertz CT molecular complexity index is 585. The van der Waals surface area contributed by atoms with Gasteiger partial charge < -0.3 is 4.74 Å². The molecule has 0 aromatic heterocycles. The maximum absolute atomic E-state index is 5.30. The van der Waals surface area contributed by atoms with Crippen LogP contribution >= 0.6 is 0 Å². The third-order valence-electron chi connectivity index (χ3n) is 5.24. The fraction of sp³-hybridized carbons (Fsp3) is 0.583. The van der Waals surface area contributed by atoms with Crippen LogP contribution in [0, 0.1) is 17.8 Å². The minimum Gasteiger partial charge on any atom is -0.383 e. The number of allylic oxidation sites excluding steroid dienone is 2. The molecular formula is C24H34O. The highest BCUT2D eigenvalue weighted by atomic mass is 16.5. The van der Waals surface area contributed by atoms with Crippen LogP contribution in [0.25, 0.3) is 0 Å². The van der Waals surface area contributed by atoms with Gasteiger partial charge in [-0.15, -0.1) is 5.92 Å². The van der Waals surface area contributed by atoms with Crippen molar-refractivity contribution in [3.8, 4) is 11.8 Å². The summed E-state index contributed by atoms with van der Waals surface area (Å²) in [7, 11) is 1.74. The Kier molecular flexibility index (Phi) is 8.84. The first-order chi connectivity index (χ1) is 12.3. The monoisotopic (exact) mass is 338 g/mol. The first-order valence-corrected chi connectivity index (χ1v) is 9.96. The van der Waals surface area contributed by atoms with Gasteiger partial charge in [0.05, 0.1) is 12.5 Å². The predicted molar refractivity (Wildman–Crippen MR) is 108 cm³/mol. The van der Waals surface area contributed by atoms with E-state index in [1.807, 2.05) is 6.92 Å². The summed E-state index contributed by atoms with van der Waals surface area (Å²) in [6, 6.07) is 8.99. The molecule has 0 aliphatic heterocycles. The fourth-order valence-electron chi connectivity index (χ4n) is 3.78. The summed E-state index contributed by atoms with van der Waals surface area (Å²) in [5.74, 6) is 7.28. The van der Waals surface area contributed by atoms with Crippen molar-refractivity contribution in [1.29, 1.82) is 0 Å². The molecule has 2 rings (SSSR count). The molecule has 2 atom stereocenters. The van der Waals surface area contributed by atoms with E-state index in [9.17, 15) is 0 Å². The molecule has 0 bridgehead atoms. The van der Waals surface area contributed by atoms with Crippen molar-refractivity contribution < 1.29 is 4.74 Å². The van der Waals surface area contributed by atoms with Crippen molar-refractivity contribution in [3.05, 3.63) is 47.0 Å². The van der Waals surface area contributed by atoms with Gasteiger partial charge >= 0.3 is 0 Å². The number of unbranched alkanes of at least 4 members (excludes halogenated alkanes) is 1. The minimum absolute atomic E-state index is 0.185. The largest absolute Gasteiger partial charge is 0.383 e. The van der Waals surface area contributed by atoms with Gasteiger partial charge in [-0.3, -0.25) is 0 Å². The van der Waals surface area contributed by atoms with Crippen molar-refractivity contribution in [2.24, 2.45) is 5.92 Å². The average molecular weight is 339 g/mol. The zero-order chi connectivity index (χ0) is 17.9. The molecule has 1 aliphatic rings. The molecule has 0 heterocycles. The third-order valence-corrected chi connectivity index (χ3v) is 5.24. The van der Waals surface area contributed by atoms with Gasteiger partial charge in [-0.1, -0.05) is 61.6 Å². The highest BCUT2D eigenvalue weighted by Crippen LogP contribution is 2.29. The van der Waals surface area contributed by atoms with Crippen molar-refractivity contribution in [1.82, 2.24) is 0 Å². The van der Waals surface area contributed by atoms with E-state index in [1.165, 1.54) is 56.1 Å². The highest BCUT2D eigenvalue weighted by Gasteiger charge is 2.13. The molecule has 2 unspecified atom stereocenters. The molecule has 1 heteroatoms. The quantitative estimate of drug-likeness (QED) is 0.380. The molecule has 1 aromatic rings. The summed E-state index contributed by atoms with van der Waals surface area (Å²) in [4.78, 5) is 0. The summed E-state index contributed by atoms with van der Waals surface area (Å²) in [5, 5.41) is 0. The van der Waals surface area contributed by atoms with Crippen LogP contribution < -0.4 is 0 Å². The third kappa shape index (κ3) is 6.71. The number of benzene rings is 1. The molecule has 0 saturated heterocycles. The molecule has 0 spiro atoms. The summed E-state index contributed by atoms with van der Waals surface area (Å²) < 4.78 is 5.30. The van der Waals surface area contributed by atoms with Crippen LogP contribution in [0.1, 0.15) is 75.8 Å². The second-order valence-electron chi connectivity index (χ2n) is 7.26. The lowest BCUT2D eigenvalue weighted by atomic mass is 9.85. The van der Waals surface area contributed by atoms with Crippen molar-refractivity contribution in [2.45, 2.75) is 71.1 Å². The number of aryl methyl sites for hydroxylation is 1. The van der Waals surface area contributed by atoms with Crippen molar-refractivity contribution in [2.75, 3.05) is 13.7 Å². The van der Waals surface area contributed by atoms with Gasteiger partial charge in [0.2, 0.25) is 0 Å². The van der Waals surface area contributed by atoms with Gasteiger partial charge in [0.15, 0.2) is 0 Å². The van der Waals surface area contributed by atoms with E-state index in [2.05, 4.69) is 49.1 Å². The molecule has 1 nitrogen and oxygen atoms in total. The fourth-order valence-corrected chi connectivity index (χ4v) is 3.78. The summed E-state index contributed by atoms with van der Waals surface area (Å²) in [5.41, 5.74) is 4.38. The number of hydrogen-bond acceptors (Lipinski definition) is 1. The number of methoxy groups -OCH3 is 1. The average Bonchev–Trinajstić information content (AvgIpc) is 2.65. The van der Waals surface area contributed by atoms with E-state index in [4.69, 9.17) is 4.74 Å². The van der Waals surface area contributed by atoms with Crippen LogP contribution in [-0.4, -0.2) is 13.7 Å². The second kappa shape index (κ2) is 11.2. The van der Waals surface area contributed by atoms with Crippen LogP contribution in [0.3, 0.4) is 0 Å². The van der Waals surface area contributed by atoms with Gasteiger partial charge in [0, 0.05) is 7.11 Å². The predicted octanol–water partition coefficient (Wildman–Crippen LogP) is 6.29. The van der Waals surface area contributed by atoms with E-state index in [-0.39, 0.29) is 5.92 Å². The van der Waals surface area contributed by atoms with Gasteiger partial charge in [0.1, 0.15) is 0 Å². The minimum atomic E-state index is 0.185. The Morgan fingerprint density at radius 1 is 1.20 bits per heavy atom. The molecule has 0 radical (unpaired) electrons. The van der Waals surface area contributed by atoms with Crippen molar-refractivity contribution >= 4 is 0 Å². The Hall–Kier alpha value is -1.52. The van der Waals surface area contributed by atoms with E-state index in [0.29, 0.717) is 6.61 Å². The van der Waals surface area contributed by atoms with Crippen LogP contribution in [0.5, 0.6) is 0 Å². The standard InChI is InChI=1S/C24H34O/c1-4-6-9-21-10-7-11-22(18-21)13-12-20-14-16-23(17-15-20)24(8-5-2)19-25-3/h14-18,21,24H,4,6-7,9-13,19H2,1-3H3. The second-order valence-corrected chi connectivity index (χ2v) is 7.26. The van der Waals surface area contributed by atoms with Crippen LogP contribution in [0.4, 0.5) is 0 Å².